The Hall–Kier alpha value is -1.03. The second-order valence-corrected chi connectivity index (χ2v) is 4.76. The van der Waals surface area contributed by atoms with Crippen LogP contribution in [0.5, 0.6) is 0 Å². The van der Waals surface area contributed by atoms with E-state index in [2.05, 4.69) is 4.98 Å². The molecule has 0 aromatic carbocycles. The van der Waals surface area contributed by atoms with E-state index >= 15 is 0 Å². The van der Waals surface area contributed by atoms with Gasteiger partial charge in [-0.3, -0.25) is 4.98 Å². The second-order valence-electron chi connectivity index (χ2n) is 4.76. The van der Waals surface area contributed by atoms with E-state index in [4.69, 9.17) is 5.73 Å². The van der Waals surface area contributed by atoms with Gasteiger partial charge in [0.25, 0.3) is 0 Å². The zero-order valence-electron chi connectivity index (χ0n) is 8.85. The summed E-state index contributed by atoms with van der Waals surface area (Å²) in [7, 11) is 0. The molecule has 1 aromatic rings. The van der Waals surface area contributed by atoms with Crippen LogP contribution in [0, 0.1) is 11.6 Å². The SMILES string of the molecule is CC(C)(c1c(F)cncc1F)C1(N)CC1. The second kappa shape index (κ2) is 2.98. The number of hydrogen-bond donors (Lipinski definition) is 1. The van der Waals surface area contributed by atoms with Gasteiger partial charge in [0.15, 0.2) is 0 Å². The summed E-state index contributed by atoms with van der Waals surface area (Å²) < 4.78 is 27.1. The highest BCUT2D eigenvalue weighted by Gasteiger charge is 2.53. The molecule has 0 unspecified atom stereocenters. The molecule has 1 saturated carbocycles. The predicted molar refractivity (Wildman–Crippen MR) is 53.3 cm³/mol. The van der Waals surface area contributed by atoms with E-state index in [0.717, 1.165) is 25.2 Å². The van der Waals surface area contributed by atoms with Crippen LogP contribution in [0.25, 0.3) is 0 Å². The van der Waals surface area contributed by atoms with Crippen LogP contribution in [0.1, 0.15) is 32.3 Å². The number of halogens is 2. The average molecular weight is 212 g/mol. The topological polar surface area (TPSA) is 38.9 Å². The Kier molecular flexibility index (Phi) is 2.08. The van der Waals surface area contributed by atoms with Crippen molar-refractivity contribution in [2.24, 2.45) is 5.73 Å². The van der Waals surface area contributed by atoms with Gasteiger partial charge in [-0.15, -0.1) is 0 Å². The van der Waals surface area contributed by atoms with Gasteiger partial charge in [-0.1, -0.05) is 13.8 Å². The Balaban J connectivity index is 2.53. The minimum absolute atomic E-state index is 0.0532. The van der Waals surface area contributed by atoms with E-state index in [1.54, 1.807) is 13.8 Å². The highest BCUT2D eigenvalue weighted by atomic mass is 19.1. The number of pyridine rings is 1. The lowest BCUT2D eigenvalue weighted by molar-refractivity contribution is 0.355. The molecular formula is C11H14F2N2. The lowest BCUT2D eigenvalue weighted by atomic mass is 9.76. The van der Waals surface area contributed by atoms with Crippen molar-refractivity contribution in [3.05, 3.63) is 29.6 Å². The molecule has 0 spiro atoms. The normalized spacial score (nSPS) is 19.0. The van der Waals surface area contributed by atoms with Crippen LogP contribution in [0.2, 0.25) is 0 Å². The third kappa shape index (κ3) is 1.44. The molecule has 1 aliphatic rings. The maximum absolute atomic E-state index is 13.5. The summed E-state index contributed by atoms with van der Waals surface area (Å²) in [6, 6.07) is 0. The first-order valence-electron chi connectivity index (χ1n) is 4.97. The first-order valence-corrected chi connectivity index (χ1v) is 4.97. The molecule has 1 aromatic heterocycles. The van der Waals surface area contributed by atoms with E-state index in [0.29, 0.717) is 0 Å². The van der Waals surface area contributed by atoms with E-state index in [-0.39, 0.29) is 5.56 Å². The quantitative estimate of drug-likeness (QED) is 0.815. The summed E-state index contributed by atoms with van der Waals surface area (Å²) in [6.45, 7) is 3.56. The van der Waals surface area contributed by atoms with Crippen molar-refractivity contribution in [2.45, 2.75) is 37.6 Å². The molecule has 1 heterocycles. The van der Waals surface area contributed by atoms with E-state index in [1.807, 2.05) is 0 Å². The van der Waals surface area contributed by atoms with Crippen molar-refractivity contribution >= 4 is 0 Å². The Morgan fingerprint density at radius 3 is 2.13 bits per heavy atom. The van der Waals surface area contributed by atoms with Gasteiger partial charge in [0.1, 0.15) is 11.6 Å². The van der Waals surface area contributed by atoms with Crippen molar-refractivity contribution in [3.8, 4) is 0 Å². The lowest BCUT2D eigenvalue weighted by Gasteiger charge is -2.32. The monoisotopic (exact) mass is 212 g/mol. The largest absolute Gasteiger partial charge is 0.324 e. The molecule has 1 aliphatic carbocycles. The van der Waals surface area contributed by atoms with Gasteiger partial charge in [-0.2, -0.15) is 0 Å². The van der Waals surface area contributed by atoms with Crippen LogP contribution in [0.15, 0.2) is 12.4 Å². The van der Waals surface area contributed by atoms with Crippen LogP contribution in [0.3, 0.4) is 0 Å². The maximum atomic E-state index is 13.5. The zero-order valence-corrected chi connectivity index (χ0v) is 8.85. The van der Waals surface area contributed by atoms with Crippen LogP contribution < -0.4 is 5.73 Å². The van der Waals surface area contributed by atoms with E-state index in [1.165, 1.54) is 0 Å². The zero-order chi connectivity index (χ0) is 11.3. The Morgan fingerprint density at radius 1 is 1.27 bits per heavy atom. The summed E-state index contributed by atoms with van der Waals surface area (Å²) in [5.74, 6) is -1.23. The Labute approximate surface area is 87.5 Å². The molecule has 2 nitrogen and oxygen atoms in total. The summed E-state index contributed by atoms with van der Waals surface area (Å²) in [5.41, 5.74) is 4.93. The van der Waals surface area contributed by atoms with Crippen LogP contribution in [-0.4, -0.2) is 10.5 Å². The molecule has 15 heavy (non-hydrogen) atoms. The smallest absolute Gasteiger partial charge is 0.148 e. The minimum Gasteiger partial charge on any atom is -0.324 e. The van der Waals surface area contributed by atoms with Crippen molar-refractivity contribution in [1.82, 2.24) is 4.98 Å². The van der Waals surface area contributed by atoms with Crippen molar-refractivity contribution < 1.29 is 8.78 Å². The molecular weight excluding hydrogens is 198 g/mol. The summed E-state index contributed by atoms with van der Waals surface area (Å²) in [4.78, 5) is 3.47. The van der Waals surface area contributed by atoms with E-state index in [9.17, 15) is 8.78 Å². The highest BCUT2D eigenvalue weighted by Crippen LogP contribution is 2.50. The molecule has 0 amide bonds. The summed E-state index contributed by atoms with van der Waals surface area (Å²) in [5, 5.41) is 0. The number of nitrogens with zero attached hydrogens (tertiary/aromatic N) is 1. The van der Waals surface area contributed by atoms with Crippen molar-refractivity contribution in [2.75, 3.05) is 0 Å². The Bertz CT molecular complexity index is 377. The molecule has 0 aliphatic heterocycles. The van der Waals surface area contributed by atoms with Gasteiger partial charge in [-0.05, 0) is 12.8 Å². The Morgan fingerprint density at radius 2 is 1.73 bits per heavy atom. The number of aromatic nitrogens is 1. The summed E-state index contributed by atoms with van der Waals surface area (Å²) in [6.07, 6.45) is 3.68. The first kappa shape index (κ1) is 10.5. The molecule has 0 atom stereocenters. The van der Waals surface area contributed by atoms with Crippen molar-refractivity contribution in [3.63, 3.8) is 0 Å². The van der Waals surface area contributed by atoms with Gasteiger partial charge in [0.05, 0.1) is 12.4 Å². The van der Waals surface area contributed by atoms with Gasteiger partial charge in [0.2, 0.25) is 0 Å². The van der Waals surface area contributed by atoms with Crippen molar-refractivity contribution in [1.29, 1.82) is 0 Å². The molecule has 0 radical (unpaired) electrons. The number of nitrogens with two attached hydrogens (primary N) is 1. The number of hydrogen-bond acceptors (Lipinski definition) is 2. The van der Waals surface area contributed by atoms with Crippen LogP contribution >= 0.6 is 0 Å². The summed E-state index contributed by atoms with van der Waals surface area (Å²) >= 11 is 0. The van der Waals surface area contributed by atoms with Crippen LogP contribution in [0.4, 0.5) is 8.78 Å². The minimum atomic E-state index is -0.690. The fraction of sp³-hybridized carbons (Fsp3) is 0.545. The number of rotatable bonds is 2. The predicted octanol–water partition coefficient (Wildman–Crippen LogP) is 2.13. The fourth-order valence-electron chi connectivity index (χ4n) is 2.02. The fourth-order valence-corrected chi connectivity index (χ4v) is 2.02. The molecule has 4 heteroatoms. The highest BCUT2D eigenvalue weighted by molar-refractivity contribution is 5.33. The van der Waals surface area contributed by atoms with E-state index < -0.39 is 22.6 Å². The van der Waals surface area contributed by atoms with Gasteiger partial charge in [0, 0.05) is 16.5 Å². The van der Waals surface area contributed by atoms with Gasteiger partial charge >= 0.3 is 0 Å². The molecule has 82 valence electrons. The first-order chi connectivity index (χ1) is 6.88. The molecule has 0 bridgehead atoms. The maximum Gasteiger partial charge on any atom is 0.148 e. The molecule has 1 fully saturated rings. The third-order valence-corrected chi connectivity index (χ3v) is 3.51. The average Bonchev–Trinajstić information content (AvgIpc) is 2.84. The lowest BCUT2D eigenvalue weighted by Crippen LogP contribution is -2.44. The third-order valence-electron chi connectivity index (χ3n) is 3.51. The van der Waals surface area contributed by atoms with Gasteiger partial charge < -0.3 is 5.73 Å². The molecule has 2 N–H and O–H groups in total. The molecule has 2 rings (SSSR count). The molecule has 0 saturated heterocycles. The standard InChI is InChI=1S/C11H14F2N2/c1-10(2,11(14)3-4-11)9-7(12)5-15-6-8(9)13/h5-6H,3-4,14H2,1-2H3. The van der Waals surface area contributed by atoms with Gasteiger partial charge in [-0.25, -0.2) is 8.78 Å². The van der Waals surface area contributed by atoms with Crippen LogP contribution in [-0.2, 0) is 5.41 Å².